The Morgan fingerprint density at radius 2 is 1.75 bits per heavy atom. The lowest BCUT2D eigenvalue weighted by atomic mass is 10.0. The van der Waals surface area contributed by atoms with Crippen LogP contribution < -0.4 is 14.8 Å². The molecule has 0 saturated carbocycles. The Bertz CT molecular complexity index is 1180. The summed E-state index contributed by atoms with van der Waals surface area (Å²) in [5, 5.41) is 8.64. The summed E-state index contributed by atoms with van der Waals surface area (Å²) >= 11 is 0. The van der Waals surface area contributed by atoms with Crippen molar-refractivity contribution >= 4 is 5.82 Å². The van der Waals surface area contributed by atoms with Gasteiger partial charge in [0.15, 0.2) is 0 Å². The Labute approximate surface area is 188 Å². The summed E-state index contributed by atoms with van der Waals surface area (Å²) in [6.07, 6.45) is 3.31. The van der Waals surface area contributed by atoms with E-state index in [0.717, 1.165) is 65.6 Å². The van der Waals surface area contributed by atoms with Crippen molar-refractivity contribution < 1.29 is 9.47 Å². The van der Waals surface area contributed by atoms with Crippen LogP contribution in [-0.2, 0) is 13.0 Å². The van der Waals surface area contributed by atoms with Crippen LogP contribution in [0.5, 0.6) is 11.5 Å². The molecule has 0 spiro atoms. The largest absolute Gasteiger partial charge is 0.497 e. The zero-order valence-corrected chi connectivity index (χ0v) is 18.3. The predicted molar refractivity (Wildman–Crippen MR) is 128 cm³/mol. The van der Waals surface area contributed by atoms with Crippen LogP contribution in [-0.4, -0.2) is 23.4 Å². The van der Waals surface area contributed by atoms with Crippen molar-refractivity contribution in [3.05, 3.63) is 90.0 Å². The molecule has 0 atom stereocenters. The van der Waals surface area contributed by atoms with Gasteiger partial charge in [-0.25, -0.2) is 4.68 Å². The molecule has 162 valence electrons. The maximum atomic E-state index is 5.96. The molecule has 0 unspecified atom stereocenters. The van der Waals surface area contributed by atoms with E-state index in [1.807, 2.05) is 47.1 Å². The molecule has 1 aliphatic heterocycles. The number of rotatable bonds is 6. The van der Waals surface area contributed by atoms with E-state index in [4.69, 9.17) is 14.6 Å². The van der Waals surface area contributed by atoms with E-state index in [0.29, 0.717) is 6.61 Å². The summed E-state index contributed by atoms with van der Waals surface area (Å²) < 4.78 is 13.4. The first-order chi connectivity index (χ1) is 15.8. The molecule has 0 radical (unpaired) electrons. The Hall–Kier alpha value is -3.73. The zero-order chi connectivity index (χ0) is 21.8. The van der Waals surface area contributed by atoms with Crippen LogP contribution in [0.3, 0.4) is 0 Å². The number of hydrogen-bond donors (Lipinski definition) is 1. The number of hydrogen-bond acceptors (Lipinski definition) is 4. The number of ether oxygens (including phenoxy) is 2. The van der Waals surface area contributed by atoms with Gasteiger partial charge in [-0.3, -0.25) is 0 Å². The van der Waals surface area contributed by atoms with E-state index in [-0.39, 0.29) is 0 Å². The van der Waals surface area contributed by atoms with E-state index in [9.17, 15) is 0 Å². The lowest BCUT2D eigenvalue weighted by Crippen LogP contribution is -2.07. The molecule has 1 aliphatic rings. The lowest BCUT2D eigenvalue weighted by molar-refractivity contribution is 0.306. The van der Waals surface area contributed by atoms with Crippen molar-refractivity contribution in [3.63, 3.8) is 0 Å². The van der Waals surface area contributed by atoms with Gasteiger partial charge in [-0.15, -0.1) is 0 Å². The van der Waals surface area contributed by atoms with Crippen LogP contribution >= 0.6 is 0 Å². The molecule has 5 heteroatoms. The number of nitrogens with zero attached hydrogens (tertiary/aromatic N) is 2. The van der Waals surface area contributed by atoms with Crippen LogP contribution in [0.1, 0.15) is 24.0 Å². The molecule has 0 amide bonds. The van der Waals surface area contributed by atoms with Crippen LogP contribution in [0.25, 0.3) is 16.9 Å². The summed E-state index contributed by atoms with van der Waals surface area (Å²) in [5.41, 5.74) is 5.52. The smallest absolute Gasteiger partial charge is 0.133 e. The minimum atomic E-state index is 0.554. The molecule has 0 bridgehead atoms. The fraction of sp³-hybridized carbons (Fsp3) is 0.222. The van der Waals surface area contributed by atoms with Crippen molar-refractivity contribution in [1.29, 1.82) is 0 Å². The molecular formula is C27H27N3O2. The fourth-order valence-corrected chi connectivity index (χ4v) is 4.12. The minimum absolute atomic E-state index is 0.554. The number of methoxy groups -OCH3 is 1. The van der Waals surface area contributed by atoms with Gasteiger partial charge in [0, 0.05) is 17.7 Å². The second-order valence-electron chi connectivity index (χ2n) is 7.97. The van der Waals surface area contributed by atoms with Gasteiger partial charge in [-0.05, 0) is 61.2 Å². The van der Waals surface area contributed by atoms with Gasteiger partial charge in [-0.2, -0.15) is 5.10 Å². The molecule has 0 aliphatic carbocycles. The van der Waals surface area contributed by atoms with E-state index in [1.165, 1.54) is 5.56 Å². The van der Waals surface area contributed by atoms with Gasteiger partial charge in [0.05, 0.1) is 18.5 Å². The van der Waals surface area contributed by atoms with Crippen molar-refractivity contribution in [2.45, 2.75) is 25.9 Å². The maximum Gasteiger partial charge on any atom is 0.133 e. The second-order valence-corrected chi connectivity index (χ2v) is 7.97. The standard InChI is InChI=1S/C27H27N3O2/c1-31-24-11-7-10-21(18-24)26-25-12-5-6-17-28-27(25)30(29-26)22-13-15-23(16-14-22)32-19-20-8-3-2-4-9-20/h2-4,7-11,13-16,18,28H,5-6,12,17,19H2,1H3. The zero-order valence-electron chi connectivity index (χ0n) is 18.3. The normalized spacial score (nSPS) is 13.0. The first-order valence-corrected chi connectivity index (χ1v) is 11.1. The average Bonchev–Trinajstić information content (AvgIpc) is 3.04. The molecule has 1 N–H and O–H groups in total. The first kappa shape index (κ1) is 20.2. The predicted octanol–water partition coefficient (Wildman–Crippen LogP) is 5.88. The van der Waals surface area contributed by atoms with Crippen molar-refractivity contribution in [2.75, 3.05) is 19.0 Å². The third-order valence-electron chi connectivity index (χ3n) is 5.80. The number of benzene rings is 3. The van der Waals surface area contributed by atoms with Gasteiger partial charge in [0.1, 0.15) is 23.9 Å². The SMILES string of the molecule is COc1cccc(-c2nn(-c3ccc(OCc4ccccc4)cc3)c3c2CCCCN3)c1. The number of nitrogens with one attached hydrogen (secondary N) is 1. The highest BCUT2D eigenvalue weighted by Crippen LogP contribution is 2.35. The number of fused-ring (bicyclic) bond motifs is 1. The van der Waals surface area contributed by atoms with Crippen molar-refractivity contribution in [3.8, 4) is 28.4 Å². The summed E-state index contributed by atoms with van der Waals surface area (Å²) in [6, 6.07) is 26.5. The highest BCUT2D eigenvalue weighted by molar-refractivity contribution is 5.72. The highest BCUT2D eigenvalue weighted by atomic mass is 16.5. The summed E-state index contributed by atoms with van der Waals surface area (Å²) in [7, 11) is 1.70. The topological polar surface area (TPSA) is 48.3 Å². The monoisotopic (exact) mass is 425 g/mol. The van der Waals surface area contributed by atoms with Gasteiger partial charge >= 0.3 is 0 Å². The summed E-state index contributed by atoms with van der Waals surface area (Å²) in [4.78, 5) is 0. The molecule has 4 aromatic rings. The van der Waals surface area contributed by atoms with Gasteiger partial charge in [-0.1, -0.05) is 42.5 Å². The second kappa shape index (κ2) is 9.18. The minimum Gasteiger partial charge on any atom is -0.497 e. The molecule has 5 nitrogen and oxygen atoms in total. The van der Waals surface area contributed by atoms with E-state index in [1.54, 1.807) is 7.11 Å². The third kappa shape index (κ3) is 4.19. The number of aromatic nitrogens is 2. The lowest BCUT2D eigenvalue weighted by Gasteiger charge is -2.11. The molecule has 0 saturated heterocycles. The number of anilines is 1. The summed E-state index contributed by atoms with van der Waals surface area (Å²) in [6.45, 7) is 1.51. The van der Waals surface area contributed by atoms with E-state index >= 15 is 0 Å². The van der Waals surface area contributed by atoms with E-state index in [2.05, 4.69) is 41.7 Å². The average molecular weight is 426 g/mol. The molecular weight excluding hydrogens is 398 g/mol. The fourth-order valence-electron chi connectivity index (χ4n) is 4.12. The van der Waals surface area contributed by atoms with Gasteiger partial charge < -0.3 is 14.8 Å². The first-order valence-electron chi connectivity index (χ1n) is 11.1. The quantitative estimate of drug-likeness (QED) is 0.419. The Morgan fingerprint density at radius 1 is 0.906 bits per heavy atom. The molecule has 3 aromatic carbocycles. The molecule has 5 rings (SSSR count). The Morgan fingerprint density at radius 3 is 2.56 bits per heavy atom. The van der Waals surface area contributed by atoms with Crippen LogP contribution in [0.15, 0.2) is 78.9 Å². The van der Waals surface area contributed by atoms with Crippen molar-refractivity contribution in [2.24, 2.45) is 0 Å². The Balaban J connectivity index is 1.45. The summed E-state index contributed by atoms with van der Waals surface area (Å²) in [5.74, 6) is 2.77. The Kier molecular flexibility index (Phi) is 5.79. The van der Waals surface area contributed by atoms with Crippen LogP contribution in [0.4, 0.5) is 5.82 Å². The van der Waals surface area contributed by atoms with Gasteiger partial charge in [0.2, 0.25) is 0 Å². The van der Waals surface area contributed by atoms with E-state index < -0.39 is 0 Å². The van der Waals surface area contributed by atoms with Crippen LogP contribution in [0.2, 0.25) is 0 Å². The third-order valence-corrected chi connectivity index (χ3v) is 5.80. The van der Waals surface area contributed by atoms with Crippen LogP contribution in [0, 0.1) is 0 Å². The molecule has 0 fully saturated rings. The molecule has 1 aromatic heterocycles. The maximum absolute atomic E-state index is 5.96. The molecule has 2 heterocycles. The highest BCUT2D eigenvalue weighted by Gasteiger charge is 2.22. The van der Waals surface area contributed by atoms with Crippen molar-refractivity contribution in [1.82, 2.24) is 9.78 Å². The van der Waals surface area contributed by atoms with Gasteiger partial charge in [0.25, 0.3) is 0 Å². The molecule has 32 heavy (non-hydrogen) atoms.